The SMILES string of the molecule is O=C(NNC(=S)Nc1cccc(Br)c1)c1cc(Cl)ccc1O. The van der Waals surface area contributed by atoms with Crippen molar-refractivity contribution in [3.05, 3.63) is 57.5 Å². The molecule has 0 spiro atoms. The van der Waals surface area contributed by atoms with Gasteiger partial charge in [0, 0.05) is 15.2 Å². The number of phenols is 1. The van der Waals surface area contributed by atoms with E-state index < -0.39 is 5.91 Å². The number of rotatable bonds is 2. The van der Waals surface area contributed by atoms with Gasteiger partial charge in [-0.2, -0.15) is 0 Å². The molecule has 0 radical (unpaired) electrons. The van der Waals surface area contributed by atoms with Crippen LogP contribution in [0.4, 0.5) is 5.69 Å². The lowest BCUT2D eigenvalue weighted by molar-refractivity contribution is 0.0941. The Balaban J connectivity index is 1.93. The zero-order valence-corrected chi connectivity index (χ0v) is 14.2. The molecule has 2 aromatic carbocycles. The number of hydrogen-bond donors (Lipinski definition) is 4. The van der Waals surface area contributed by atoms with Crippen LogP contribution in [0, 0.1) is 0 Å². The third-order valence-corrected chi connectivity index (χ3v) is 3.51. The number of aromatic hydroxyl groups is 1. The normalized spacial score (nSPS) is 9.91. The molecule has 0 atom stereocenters. The predicted octanol–water partition coefficient (Wildman–Crippen LogP) is 3.44. The highest BCUT2D eigenvalue weighted by Gasteiger charge is 2.11. The van der Waals surface area contributed by atoms with E-state index in [9.17, 15) is 9.90 Å². The molecular weight excluding hydrogens is 390 g/mol. The van der Waals surface area contributed by atoms with Crippen LogP contribution in [0.15, 0.2) is 46.9 Å². The van der Waals surface area contributed by atoms with Gasteiger partial charge < -0.3 is 10.4 Å². The van der Waals surface area contributed by atoms with Gasteiger partial charge in [-0.05, 0) is 48.6 Å². The summed E-state index contributed by atoms with van der Waals surface area (Å²) < 4.78 is 0.896. The van der Waals surface area contributed by atoms with Gasteiger partial charge >= 0.3 is 0 Å². The van der Waals surface area contributed by atoms with E-state index in [4.69, 9.17) is 23.8 Å². The highest BCUT2D eigenvalue weighted by molar-refractivity contribution is 9.10. The average molecular weight is 401 g/mol. The first-order valence-electron chi connectivity index (χ1n) is 6.07. The molecule has 4 N–H and O–H groups in total. The van der Waals surface area contributed by atoms with Crippen molar-refractivity contribution in [1.29, 1.82) is 0 Å². The van der Waals surface area contributed by atoms with E-state index in [1.807, 2.05) is 24.3 Å². The lowest BCUT2D eigenvalue weighted by atomic mass is 10.2. The second-order valence-corrected chi connectivity index (χ2v) is 5.97. The molecular formula is C14H11BrClN3O2S. The van der Waals surface area contributed by atoms with Crippen molar-refractivity contribution in [2.24, 2.45) is 0 Å². The third kappa shape index (κ3) is 4.59. The number of phenolic OH excluding ortho intramolecular Hbond substituents is 1. The number of hydrogen-bond acceptors (Lipinski definition) is 3. The van der Waals surface area contributed by atoms with Gasteiger partial charge in [0.2, 0.25) is 0 Å². The molecule has 0 aromatic heterocycles. The van der Waals surface area contributed by atoms with E-state index in [2.05, 4.69) is 32.1 Å². The number of benzene rings is 2. The Kier molecular flexibility index (Phi) is 5.59. The van der Waals surface area contributed by atoms with Gasteiger partial charge in [-0.15, -0.1) is 0 Å². The van der Waals surface area contributed by atoms with Gasteiger partial charge in [-0.3, -0.25) is 15.6 Å². The summed E-state index contributed by atoms with van der Waals surface area (Å²) in [7, 11) is 0. The number of thiocarbonyl (C=S) groups is 1. The van der Waals surface area contributed by atoms with Crippen molar-refractivity contribution in [3.8, 4) is 5.75 Å². The molecule has 0 aliphatic heterocycles. The molecule has 1 amide bonds. The lowest BCUT2D eigenvalue weighted by Crippen LogP contribution is -2.43. The molecule has 0 saturated heterocycles. The minimum Gasteiger partial charge on any atom is -0.507 e. The Bertz CT molecular complexity index is 727. The van der Waals surface area contributed by atoms with Gasteiger partial charge in [0.1, 0.15) is 5.75 Å². The molecule has 0 bridgehead atoms. The van der Waals surface area contributed by atoms with E-state index in [0.29, 0.717) is 5.02 Å². The molecule has 0 heterocycles. The minimum atomic E-state index is -0.557. The first kappa shape index (κ1) is 16.5. The summed E-state index contributed by atoms with van der Waals surface area (Å²) in [5, 5.41) is 13.1. The first-order valence-corrected chi connectivity index (χ1v) is 7.65. The number of carbonyl (C=O) groups excluding carboxylic acids is 1. The number of hydrazine groups is 1. The molecule has 22 heavy (non-hydrogen) atoms. The highest BCUT2D eigenvalue weighted by Crippen LogP contribution is 2.21. The topological polar surface area (TPSA) is 73.4 Å². The standard InChI is InChI=1S/C14H11BrClN3O2S/c15-8-2-1-3-10(6-8)17-14(22)19-18-13(21)11-7-9(16)4-5-12(11)20/h1-7,20H,(H,18,21)(H2,17,19,22). The minimum absolute atomic E-state index is 0.0465. The Morgan fingerprint density at radius 1 is 1.18 bits per heavy atom. The number of anilines is 1. The average Bonchev–Trinajstić information content (AvgIpc) is 2.47. The lowest BCUT2D eigenvalue weighted by Gasteiger charge is -2.12. The molecule has 2 aromatic rings. The van der Waals surface area contributed by atoms with E-state index >= 15 is 0 Å². The predicted molar refractivity (Wildman–Crippen MR) is 94.1 cm³/mol. The van der Waals surface area contributed by atoms with Crippen molar-refractivity contribution in [2.45, 2.75) is 0 Å². The quantitative estimate of drug-likeness (QED) is 0.459. The van der Waals surface area contributed by atoms with Gasteiger partial charge in [-0.25, -0.2) is 0 Å². The van der Waals surface area contributed by atoms with Crippen molar-refractivity contribution in [3.63, 3.8) is 0 Å². The monoisotopic (exact) mass is 399 g/mol. The van der Waals surface area contributed by atoms with E-state index in [-0.39, 0.29) is 16.4 Å². The van der Waals surface area contributed by atoms with Crippen LogP contribution in [0.2, 0.25) is 5.02 Å². The summed E-state index contributed by atoms with van der Waals surface area (Å²) in [5.74, 6) is -0.729. The van der Waals surface area contributed by atoms with Crippen LogP contribution in [0.3, 0.4) is 0 Å². The van der Waals surface area contributed by atoms with E-state index in [1.54, 1.807) is 0 Å². The second kappa shape index (κ2) is 7.44. The van der Waals surface area contributed by atoms with Crippen molar-refractivity contribution in [1.82, 2.24) is 10.9 Å². The summed E-state index contributed by atoms with van der Waals surface area (Å²) in [6, 6.07) is 11.6. The number of halogens is 2. The van der Waals surface area contributed by atoms with Crippen molar-refractivity contribution < 1.29 is 9.90 Å². The van der Waals surface area contributed by atoms with Crippen LogP contribution in [-0.4, -0.2) is 16.1 Å². The molecule has 0 saturated carbocycles. The van der Waals surface area contributed by atoms with Gasteiger partial charge in [0.15, 0.2) is 5.11 Å². The maximum Gasteiger partial charge on any atom is 0.273 e. The molecule has 114 valence electrons. The molecule has 0 unspecified atom stereocenters. The van der Waals surface area contributed by atoms with Gasteiger partial charge in [0.05, 0.1) is 5.56 Å². The fourth-order valence-corrected chi connectivity index (χ4v) is 2.34. The fraction of sp³-hybridized carbons (Fsp3) is 0. The number of amides is 1. The Morgan fingerprint density at radius 3 is 2.68 bits per heavy atom. The second-order valence-electron chi connectivity index (χ2n) is 4.21. The molecule has 0 aliphatic carbocycles. The van der Waals surface area contributed by atoms with Crippen LogP contribution >= 0.6 is 39.7 Å². The first-order chi connectivity index (χ1) is 10.5. The van der Waals surface area contributed by atoms with Crippen LogP contribution < -0.4 is 16.2 Å². The summed E-state index contributed by atoms with van der Waals surface area (Å²) in [6.45, 7) is 0. The molecule has 8 heteroatoms. The Labute approximate surface area is 145 Å². The zero-order chi connectivity index (χ0) is 16.1. The molecule has 0 aliphatic rings. The van der Waals surface area contributed by atoms with Gasteiger partial charge in [-0.1, -0.05) is 33.6 Å². The Morgan fingerprint density at radius 2 is 1.95 bits per heavy atom. The van der Waals surface area contributed by atoms with E-state index in [1.165, 1.54) is 18.2 Å². The van der Waals surface area contributed by atoms with E-state index in [0.717, 1.165) is 10.2 Å². The summed E-state index contributed by atoms with van der Waals surface area (Å²) >= 11 is 14.2. The number of carbonyl (C=O) groups is 1. The smallest absolute Gasteiger partial charge is 0.273 e. The maximum atomic E-state index is 11.9. The van der Waals surface area contributed by atoms with Crippen LogP contribution in [0.25, 0.3) is 0 Å². The Hall–Kier alpha value is -1.83. The number of nitrogens with one attached hydrogen (secondary N) is 3. The largest absolute Gasteiger partial charge is 0.507 e. The van der Waals surface area contributed by atoms with Crippen LogP contribution in [-0.2, 0) is 0 Å². The summed E-state index contributed by atoms with van der Waals surface area (Å²) in [6.07, 6.45) is 0. The van der Waals surface area contributed by atoms with Crippen LogP contribution in [0.1, 0.15) is 10.4 Å². The molecule has 5 nitrogen and oxygen atoms in total. The summed E-state index contributed by atoms with van der Waals surface area (Å²) in [5.41, 5.74) is 5.73. The molecule has 2 rings (SSSR count). The summed E-state index contributed by atoms with van der Waals surface area (Å²) in [4.78, 5) is 11.9. The van der Waals surface area contributed by atoms with Gasteiger partial charge in [0.25, 0.3) is 5.91 Å². The van der Waals surface area contributed by atoms with Crippen molar-refractivity contribution in [2.75, 3.05) is 5.32 Å². The third-order valence-electron chi connectivity index (χ3n) is 2.58. The van der Waals surface area contributed by atoms with Crippen molar-refractivity contribution >= 4 is 56.5 Å². The highest BCUT2D eigenvalue weighted by atomic mass is 79.9. The maximum absolute atomic E-state index is 11.9. The fourth-order valence-electron chi connectivity index (χ4n) is 1.60. The zero-order valence-electron chi connectivity index (χ0n) is 11.1. The van der Waals surface area contributed by atoms with Crippen LogP contribution in [0.5, 0.6) is 5.75 Å². The molecule has 0 fully saturated rings.